The van der Waals surface area contributed by atoms with Crippen molar-refractivity contribution in [3.8, 4) is 0 Å². The molecule has 1 atom stereocenters. The summed E-state index contributed by atoms with van der Waals surface area (Å²) in [5, 5.41) is 5.34. The Balaban J connectivity index is 2.31. The Labute approximate surface area is 170 Å². The van der Waals surface area contributed by atoms with Crippen molar-refractivity contribution in [1.29, 1.82) is 0 Å². The highest BCUT2D eigenvalue weighted by Gasteiger charge is 2.30. The molecule has 0 heterocycles. The van der Waals surface area contributed by atoms with E-state index in [9.17, 15) is 22.4 Å². The minimum absolute atomic E-state index is 0.0316. The predicted octanol–water partition coefficient (Wildman–Crippen LogP) is 2.76. The van der Waals surface area contributed by atoms with Crippen LogP contribution in [-0.4, -0.2) is 39.1 Å². The van der Waals surface area contributed by atoms with Crippen molar-refractivity contribution < 1.29 is 22.4 Å². The lowest BCUT2D eigenvalue weighted by atomic mass is 10.1. The summed E-state index contributed by atoms with van der Waals surface area (Å²) in [6, 6.07) is 10.2. The topological polar surface area (TPSA) is 95.6 Å². The fourth-order valence-corrected chi connectivity index (χ4v) is 3.95. The summed E-state index contributed by atoms with van der Waals surface area (Å²) in [6.07, 6.45) is 1.70. The lowest BCUT2D eigenvalue weighted by molar-refractivity contribution is -0.116. The van der Waals surface area contributed by atoms with Gasteiger partial charge in [-0.3, -0.25) is 13.9 Å². The summed E-state index contributed by atoms with van der Waals surface area (Å²) in [5.41, 5.74) is 0.549. The van der Waals surface area contributed by atoms with Gasteiger partial charge in [0.1, 0.15) is 11.9 Å². The summed E-state index contributed by atoms with van der Waals surface area (Å²) in [5.74, 6) is -1.63. The van der Waals surface area contributed by atoms with E-state index in [1.807, 2.05) is 6.92 Å². The highest BCUT2D eigenvalue weighted by atomic mass is 32.2. The molecule has 156 valence electrons. The summed E-state index contributed by atoms with van der Waals surface area (Å²) in [6.45, 7) is 3.79. The lowest BCUT2D eigenvalue weighted by Gasteiger charge is -2.28. The maximum absolute atomic E-state index is 13.6. The Hall–Kier alpha value is -2.94. The molecule has 0 aliphatic rings. The molecule has 0 aromatic heterocycles. The van der Waals surface area contributed by atoms with Crippen LogP contribution in [0.15, 0.2) is 48.5 Å². The molecule has 0 saturated heterocycles. The van der Waals surface area contributed by atoms with Crippen molar-refractivity contribution in [2.75, 3.05) is 22.4 Å². The number of carbonyl (C=O) groups is 2. The fraction of sp³-hybridized carbons (Fsp3) is 0.300. The number of amides is 2. The smallest absolute Gasteiger partial charge is 0.253 e. The summed E-state index contributed by atoms with van der Waals surface area (Å²) in [4.78, 5) is 25.1. The molecule has 0 spiro atoms. The zero-order valence-electron chi connectivity index (χ0n) is 16.5. The fourth-order valence-electron chi connectivity index (χ4n) is 2.78. The molecule has 0 bridgehead atoms. The monoisotopic (exact) mass is 421 g/mol. The predicted molar refractivity (Wildman–Crippen MR) is 111 cm³/mol. The van der Waals surface area contributed by atoms with Gasteiger partial charge in [-0.05, 0) is 43.7 Å². The number of hydrogen-bond donors (Lipinski definition) is 2. The van der Waals surface area contributed by atoms with Gasteiger partial charge in [-0.25, -0.2) is 12.8 Å². The quantitative estimate of drug-likeness (QED) is 0.685. The molecular weight excluding hydrogens is 397 g/mol. The van der Waals surface area contributed by atoms with Gasteiger partial charge in [-0.1, -0.05) is 25.1 Å². The SMILES string of the molecule is CCCNC(=O)c1ccccc1NC(=O)C(C)N(c1cccc(F)c1)S(C)(=O)=O. The zero-order valence-corrected chi connectivity index (χ0v) is 17.3. The van der Waals surface area contributed by atoms with E-state index in [0.717, 1.165) is 23.0 Å². The summed E-state index contributed by atoms with van der Waals surface area (Å²) in [7, 11) is -3.88. The van der Waals surface area contributed by atoms with Crippen molar-refractivity contribution in [3.05, 3.63) is 59.9 Å². The number of rotatable bonds is 8. The third-order valence-corrected chi connectivity index (χ3v) is 5.36. The maximum Gasteiger partial charge on any atom is 0.253 e. The highest BCUT2D eigenvalue weighted by Crippen LogP contribution is 2.23. The molecule has 2 rings (SSSR count). The first-order chi connectivity index (χ1) is 13.6. The number of nitrogens with one attached hydrogen (secondary N) is 2. The Bertz CT molecular complexity index is 995. The van der Waals surface area contributed by atoms with Gasteiger partial charge in [0.2, 0.25) is 15.9 Å². The number of anilines is 2. The van der Waals surface area contributed by atoms with E-state index in [4.69, 9.17) is 0 Å². The third kappa shape index (κ3) is 5.77. The van der Waals surface area contributed by atoms with Crippen LogP contribution < -0.4 is 14.9 Å². The average Bonchev–Trinajstić information content (AvgIpc) is 2.65. The second-order valence-electron chi connectivity index (χ2n) is 6.51. The van der Waals surface area contributed by atoms with Crippen LogP contribution in [-0.2, 0) is 14.8 Å². The van der Waals surface area contributed by atoms with E-state index in [2.05, 4.69) is 10.6 Å². The first kappa shape index (κ1) is 22.4. The van der Waals surface area contributed by atoms with Crippen molar-refractivity contribution in [2.45, 2.75) is 26.3 Å². The molecule has 1 unspecified atom stereocenters. The second kappa shape index (κ2) is 9.51. The van der Waals surface area contributed by atoms with Crippen molar-refractivity contribution in [3.63, 3.8) is 0 Å². The van der Waals surface area contributed by atoms with Crippen molar-refractivity contribution >= 4 is 33.2 Å². The van der Waals surface area contributed by atoms with Crippen LogP contribution in [0.4, 0.5) is 15.8 Å². The molecule has 2 aromatic carbocycles. The van der Waals surface area contributed by atoms with E-state index < -0.39 is 27.8 Å². The Morgan fingerprint density at radius 2 is 1.83 bits per heavy atom. The maximum atomic E-state index is 13.6. The molecule has 0 aliphatic carbocycles. The first-order valence-electron chi connectivity index (χ1n) is 9.08. The number of carbonyl (C=O) groups excluding carboxylic acids is 2. The number of sulfonamides is 1. The van der Waals surface area contributed by atoms with Crippen LogP contribution in [0.1, 0.15) is 30.6 Å². The molecule has 29 heavy (non-hydrogen) atoms. The zero-order chi connectivity index (χ0) is 21.6. The third-order valence-electron chi connectivity index (χ3n) is 4.12. The van der Waals surface area contributed by atoms with Crippen molar-refractivity contribution in [1.82, 2.24) is 5.32 Å². The van der Waals surface area contributed by atoms with E-state index >= 15 is 0 Å². The van der Waals surface area contributed by atoms with Gasteiger partial charge in [0.25, 0.3) is 5.91 Å². The molecule has 9 heteroatoms. The van der Waals surface area contributed by atoms with Crippen LogP contribution in [0.2, 0.25) is 0 Å². The van der Waals surface area contributed by atoms with Crippen LogP contribution in [0.5, 0.6) is 0 Å². The first-order valence-corrected chi connectivity index (χ1v) is 10.9. The lowest BCUT2D eigenvalue weighted by Crippen LogP contribution is -2.45. The Kier molecular flexibility index (Phi) is 7.33. The second-order valence-corrected chi connectivity index (χ2v) is 8.36. The molecule has 2 aromatic rings. The Morgan fingerprint density at radius 3 is 2.45 bits per heavy atom. The molecule has 0 radical (unpaired) electrons. The summed E-state index contributed by atoms with van der Waals surface area (Å²) < 4.78 is 39.0. The van der Waals surface area contributed by atoms with Gasteiger partial charge in [-0.15, -0.1) is 0 Å². The van der Waals surface area contributed by atoms with Crippen LogP contribution >= 0.6 is 0 Å². The number of hydrogen-bond acceptors (Lipinski definition) is 4. The normalized spacial score (nSPS) is 12.1. The number of para-hydroxylation sites is 1. The van der Waals surface area contributed by atoms with Crippen LogP contribution in [0.25, 0.3) is 0 Å². The van der Waals surface area contributed by atoms with E-state index in [1.165, 1.54) is 25.1 Å². The summed E-state index contributed by atoms with van der Waals surface area (Å²) >= 11 is 0. The minimum atomic E-state index is -3.88. The molecule has 7 nitrogen and oxygen atoms in total. The van der Waals surface area contributed by atoms with Gasteiger partial charge in [-0.2, -0.15) is 0 Å². The number of halogens is 1. The van der Waals surface area contributed by atoms with Gasteiger partial charge >= 0.3 is 0 Å². The molecule has 2 N–H and O–H groups in total. The van der Waals surface area contributed by atoms with Crippen LogP contribution in [0.3, 0.4) is 0 Å². The van der Waals surface area contributed by atoms with Gasteiger partial charge in [0, 0.05) is 6.54 Å². The van der Waals surface area contributed by atoms with E-state index in [0.29, 0.717) is 6.54 Å². The standard InChI is InChI=1S/C20H24FN3O4S/c1-4-12-22-20(26)17-10-5-6-11-18(17)23-19(25)14(2)24(29(3,27)28)16-9-7-8-15(21)13-16/h5-11,13-14H,4,12H2,1-3H3,(H,22,26)(H,23,25). The largest absolute Gasteiger partial charge is 0.352 e. The van der Waals surface area contributed by atoms with E-state index in [-0.39, 0.29) is 22.8 Å². The molecule has 2 amide bonds. The van der Waals surface area contributed by atoms with Gasteiger partial charge < -0.3 is 10.6 Å². The molecular formula is C20H24FN3O4S. The average molecular weight is 421 g/mol. The molecule has 0 aliphatic heterocycles. The number of benzene rings is 2. The van der Waals surface area contributed by atoms with E-state index in [1.54, 1.807) is 24.3 Å². The molecule has 0 fully saturated rings. The van der Waals surface area contributed by atoms with Gasteiger partial charge in [0.15, 0.2) is 0 Å². The molecule has 0 saturated carbocycles. The minimum Gasteiger partial charge on any atom is -0.352 e. The van der Waals surface area contributed by atoms with Crippen molar-refractivity contribution in [2.24, 2.45) is 0 Å². The Morgan fingerprint density at radius 1 is 1.14 bits per heavy atom. The van der Waals surface area contributed by atoms with Crippen LogP contribution in [0, 0.1) is 5.82 Å². The van der Waals surface area contributed by atoms with Gasteiger partial charge in [0.05, 0.1) is 23.2 Å². The number of nitrogens with zero attached hydrogens (tertiary/aromatic N) is 1. The highest BCUT2D eigenvalue weighted by molar-refractivity contribution is 7.92.